The van der Waals surface area contributed by atoms with Crippen LogP contribution in [-0.2, 0) is 9.47 Å². The number of rotatable bonds is 7. The van der Waals surface area contributed by atoms with E-state index in [1.54, 1.807) is 0 Å². The zero-order valence-electron chi connectivity index (χ0n) is 7.70. The van der Waals surface area contributed by atoms with E-state index in [1.807, 2.05) is 0 Å². The fourth-order valence-electron chi connectivity index (χ4n) is 0.715. The normalized spacial score (nSPS) is 9.31. The quantitative estimate of drug-likeness (QED) is 0.373. The van der Waals surface area contributed by atoms with Gasteiger partial charge < -0.3 is 14.6 Å². The second-order valence-corrected chi connectivity index (χ2v) is 2.48. The number of hydrogen-bond acceptors (Lipinski definition) is 4. The van der Waals surface area contributed by atoms with Crippen molar-refractivity contribution in [3.05, 3.63) is 12.7 Å². The summed E-state index contributed by atoms with van der Waals surface area (Å²) in [5.74, 6) is 0. The number of hydrogen-bond donors (Lipinski definition) is 1. The summed E-state index contributed by atoms with van der Waals surface area (Å²) in [6.07, 6.45) is 3.16. The Bertz CT molecular complexity index is 145. The van der Waals surface area contributed by atoms with Crippen LogP contribution in [0.3, 0.4) is 0 Å². The molecule has 4 heteroatoms. The van der Waals surface area contributed by atoms with Gasteiger partial charge >= 0.3 is 6.16 Å². The third-order valence-electron chi connectivity index (χ3n) is 1.34. The number of aliphatic hydroxyl groups is 1. The van der Waals surface area contributed by atoms with Crippen LogP contribution >= 0.6 is 0 Å². The van der Waals surface area contributed by atoms with Gasteiger partial charge in [-0.3, -0.25) is 0 Å². The van der Waals surface area contributed by atoms with Crippen molar-refractivity contribution in [2.45, 2.75) is 19.3 Å². The minimum absolute atomic E-state index is 0.176. The number of carbonyl (C=O) groups excluding carboxylic acids is 1. The highest BCUT2D eigenvalue weighted by Gasteiger charge is 2.00. The van der Waals surface area contributed by atoms with E-state index < -0.39 is 6.16 Å². The van der Waals surface area contributed by atoms with Crippen LogP contribution in [0.15, 0.2) is 12.7 Å². The highest BCUT2D eigenvalue weighted by atomic mass is 16.7. The van der Waals surface area contributed by atoms with Gasteiger partial charge in [0.25, 0.3) is 0 Å². The summed E-state index contributed by atoms with van der Waals surface area (Å²) in [4.78, 5) is 10.7. The molecule has 1 N–H and O–H groups in total. The molecule has 0 rings (SSSR count). The third kappa shape index (κ3) is 8.88. The van der Waals surface area contributed by atoms with Crippen LogP contribution in [0, 0.1) is 0 Å². The molecular weight excluding hydrogens is 172 g/mol. The molecule has 0 unspecified atom stereocenters. The topological polar surface area (TPSA) is 55.8 Å². The molecule has 0 radical (unpaired) electrons. The lowest BCUT2D eigenvalue weighted by atomic mass is 10.2. The molecule has 0 saturated heterocycles. The molecular formula is C9H16O4. The molecule has 0 fully saturated rings. The van der Waals surface area contributed by atoms with Crippen LogP contribution in [0.25, 0.3) is 0 Å². The van der Waals surface area contributed by atoms with Crippen molar-refractivity contribution in [1.29, 1.82) is 0 Å². The van der Waals surface area contributed by atoms with Gasteiger partial charge in [0.05, 0.1) is 6.61 Å². The van der Waals surface area contributed by atoms with Gasteiger partial charge in [-0.1, -0.05) is 12.7 Å². The Morgan fingerprint density at radius 3 is 2.69 bits per heavy atom. The van der Waals surface area contributed by atoms with Crippen LogP contribution in [0.2, 0.25) is 0 Å². The van der Waals surface area contributed by atoms with Crippen LogP contribution < -0.4 is 0 Å². The second kappa shape index (κ2) is 9.06. The predicted molar refractivity (Wildman–Crippen MR) is 48.4 cm³/mol. The molecule has 0 aliphatic heterocycles. The van der Waals surface area contributed by atoms with Gasteiger partial charge in [-0.05, 0) is 19.3 Å². The summed E-state index contributed by atoms with van der Waals surface area (Å²) in [6.45, 7) is 4.09. The van der Waals surface area contributed by atoms with Gasteiger partial charge in [0.1, 0.15) is 6.61 Å². The Morgan fingerprint density at radius 2 is 2.08 bits per heavy atom. The van der Waals surface area contributed by atoms with Crippen LogP contribution in [0.1, 0.15) is 19.3 Å². The highest BCUT2D eigenvalue weighted by Crippen LogP contribution is 1.95. The molecule has 0 aliphatic rings. The zero-order valence-corrected chi connectivity index (χ0v) is 7.70. The molecule has 0 heterocycles. The molecule has 0 spiro atoms. The van der Waals surface area contributed by atoms with Crippen molar-refractivity contribution in [3.8, 4) is 0 Å². The summed E-state index contributed by atoms with van der Waals surface area (Å²) in [6, 6.07) is 0. The van der Waals surface area contributed by atoms with Crippen molar-refractivity contribution < 1.29 is 19.4 Å². The number of ether oxygens (including phenoxy) is 2. The Labute approximate surface area is 78.2 Å². The molecule has 4 nitrogen and oxygen atoms in total. The standard InChI is InChI=1S/C9H16O4/c1-2-7-12-9(11)13-8-5-3-4-6-10/h2,10H,1,3-8H2. The molecule has 0 aromatic carbocycles. The maximum atomic E-state index is 10.7. The van der Waals surface area contributed by atoms with Crippen LogP contribution in [0.4, 0.5) is 4.79 Å². The van der Waals surface area contributed by atoms with E-state index in [9.17, 15) is 4.79 Å². The molecule has 0 bridgehead atoms. The van der Waals surface area contributed by atoms with Gasteiger partial charge in [-0.2, -0.15) is 0 Å². The minimum atomic E-state index is -0.663. The van der Waals surface area contributed by atoms with E-state index in [-0.39, 0.29) is 13.2 Å². The number of carbonyl (C=O) groups is 1. The van der Waals surface area contributed by atoms with Crippen LogP contribution in [0.5, 0.6) is 0 Å². The first-order valence-electron chi connectivity index (χ1n) is 4.32. The summed E-state index contributed by atoms with van der Waals surface area (Å²) < 4.78 is 9.27. The first-order valence-corrected chi connectivity index (χ1v) is 4.32. The van der Waals surface area contributed by atoms with Gasteiger partial charge in [-0.25, -0.2) is 4.79 Å². The SMILES string of the molecule is C=CCOC(=O)OCCCCCO. The maximum absolute atomic E-state index is 10.7. The Morgan fingerprint density at radius 1 is 1.31 bits per heavy atom. The molecule has 0 atom stereocenters. The Kier molecular flexibility index (Phi) is 8.34. The summed E-state index contributed by atoms with van der Waals surface area (Å²) in [5.41, 5.74) is 0. The molecule has 0 aromatic rings. The predicted octanol–water partition coefficient (Wildman–Crippen LogP) is 1.49. The monoisotopic (exact) mass is 188 g/mol. The summed E-state index contributed by atoms with van der Waals surface area (Å²) in [5, 5.41) is 8.45. The number of aliphatic hydroxyl groups excluding tert-OH is 1. The largest absolute Gasteiger partial charge is 0.508 e. The van der Waals surface area contributed by atoms with Crippen LogP contribution in [-0.4, -0.2) is 31.1 Å². The first-order chi connectivity index (χ1) is 6.31. The Balaban J connectivity index is 3.12. The van der Waals surface area contributed by atoms with Gasteiger partial charge in [0, 0.05) is 6.61 Å². The minimum Gasteiger partial charge on any atom is -0.434 e. The molecule has 0 aliphatic carbocycles. The average molecular weight is 188 g/mol. The molecule has 13 heavy (non-hydrogen) atoms. The lowest BCUT2D eigenvalue weighted by Crippen LogP contribution is -2.08. The van der Waals surface area contributed by atoms with E-state index in [4.69, 9.17) is 9.84 Å². The third-order valence-corrected chi connectivity index (χ3v) is 1.34. The van der Waals surface area contributed by atoms with Crippen molar-refractivity contribution in [2.75, 3.05) is 19.8 Å². The Hall–Kier alpha value is -1.03. The van der Waals surface area contributed by atoms with Gasteiger partial charge in [-0.15, -0.1) is 0 Å². The van der Waals surface area contributed by atoms with E-state index in [0.717, 1.165) is 19.3 Å². The van der Waals surface area contributed by atoms with Crippen molar-refractivity contribution in [1.82, 2.24) is 0 Å². The smallest absolute Gasteiger partial charge is 0.434 e. The van der Waals surface area contributed by atoms with Gasteiger partial charge in [0.2, 0.25) is 0 Å². The molecule has 76 valence electrons. The first kappa shape index (κ1) is 12.0. The zero-order chi connectivity index (χ0) is 9.94. The van der Waals surface area contributed by atoms with Gasteiger partial charge in [0.15, 0.2) is 0 Å². The maximum Gasteiger partial charge on any atom is 0.508 e. The van der Waals surface area contributed by atoms with Crippen molar-refractivity contribution >= 4 is 6.16 Å². The average Bonchev–Trinajstić information content (AvgIpc) is 2.14. The lowest BCUT2D eigenvalue weighted by Gasteiger charge is -2.03. The van der Waals surface area contributed by atoms with E-state index in [0.29, 0.717) is 6.61 Å². The van der Waals surface area contributed by atoms with E-state index in [2.05, 4.69) is 11.3 Å². The van der Waals surface area contributed by atoms with Crippen molar-refractivity contribution in [2.24, 2.45) is 0 Å². The highest BCUT2D eigenvalue weighted by molar-refractivity contribution is 5.59. The van der Waals surface area contributed by atoms with Crippen molar-refractivity contribution in [3.63, 3.8) is 0 Å². The summed E-state index contributed by atoms with van der Waals surface area (Å²) in [7, 11) is 0. The van der Waals surface area contributed by atoms with E-state index >= 15 is 0 Å². The second-order valence-electron chi connectivity index (χ2n) is 2.48. The fraction of sp³-hybridized carbons (Fsp3) is 0.667. The van der Waals surface area contributed by atoms with E-state index in [1.165, 1.54) is 6.08 Å². The molecule has 0 saturated carbocycles. The number of unbranched alkanes of at least 4 members (excludes halogenated alkanes) is 2. The molecule has 0 amide bonds. The molecule has 0 aromatic heterocycles. The fourth-order valence-corrected chi connectivity index (χ4v) is 0.715. The summed E-state index contributed by atoms with van der Waals surface area (Å²) >= 11 is 0. The lowest BCUT2D eigenvalue weighted by molar-refractivity contribution is 0.0618.